The lowest BCUT2D eigenvalue weighted by Crippen LogP contribution is -2.29. The summed E-state index contributed by atoms with van der Waals surface area (Å²) in [6.07, 6.45) is 0. The third kappa shape index (κ3) is 3.21. The van der Waals surface area contributed by atoms with Crippen LogP contribution in [0.15, 0.2) is 30.3 Å². The standard InChI is InChI=1S/C14H18N4O3/c1-19-11-6-4-9(8-12(11)20-2)14(16-15)10-5-7-13(21-3)18-17-10/h4-8,14,16H,15H2,1-3H3. The third-order valence-corrected chi connectivity index (χ3v) is 3.07. The molecule has 0 aliphatic heterocycles. The predicted octanol–water partition coefficient (Wildman–Crippen LogP) is 1.06. The van der Waals surface area contributed by atoms with Crippen LogP contribution in [0.3, 0.4) is 0 Å². The van der Waals surface area contributed by atoms with E-state index in [1.807, 2.05) is 18.2 Å². The third-order valence-electron chi connectivity index (χ3n) is 3.07. The Morgan fingerprint density at radius 1 is 0.952 bits per heavy atom. The van der Waals surface area contributed by atoms with Crippen molar-refractivity contribution in [2.24, 2.45) is 5.84 Å². The van der Waals surface area contributed by atoms with Gasteiger partial charge in [0, 0.05) is 6.07 Å². The molecule has 0 aliphatic rings. The average Bonchev–Trinajstić information content (AvgIpc) is 2.56. The number of benzene rings is 1. The van der Waals surface area contributed by atoms with Gasteiger partial charge in [0.15, 0.2) is 11.5 Å². The van der Waals surface area contributed by atoms with E-state index in [1.165, 1.54) is 7.11 Å². The van der Waals surface area contributed by atoms with Crippen molar-refractivity contribution in [3.05, 3.63) is 41.6 Å². The molecule has 0 amide bonds. The minimum Gasteiger partial charge on any atom is -0.493 e. The number of ether oxygens (including phenoxy) is 3. The van der Waals surface area contributed by atoms with Gasteiger partial charge < -0.3 is 14.2 Å². The number of hydrogen-bond acceptors (Lipinski definition) is 7. The first-order valence-corrected chi connectivity index (χ1v) is 6.29. The highest BCUT2D eigenvalue weighted by molar-refractivity contribution is 5.45. The molecule has 1 atom stereocenters. The van der Waals surface area contributed by atoms with E-state index >= 15 is 0 Å². The summed E-state index contributed by atoms with van der Waals surface area (Å²) in [4.78, 5) is 0. The monoisotopic (exact) mass is 290 g/mol. The van der Waals surface area contributed by atoms with Gasteiger partial charge in [-0.05, 0) is 23.8 Å². The zero-order valence-corrected chi connectivity index (χ0v) is 12.2. The SMILES string of the molecule is COc1ccc(C(NN)c2ccc(OC)c(OC)c2)nn1. The quantitative estimate of drug-likeness (QED) is 0.607. The fourth-order valence-corrected chi connectivity index (χ4v) is 1.98. The van der Waals surface area contributed by atoms with E-state index in [2.05, 4.69) is 15.6 Å². The van der Waals surface area contributed by atoms with Gasteiger partial charge >= 0.3 is 0 Å². The zero-order chi connectivity index (χ0) is 15.2. The van der Waals surface area contributed by atoms with Crippen LogP contribution in [0.25, 0.3) is 0 Å². The van der Waals surface area contributed by atoms with E-state index in [0.29, 0.717) is 23.1 Å². The van der Waals surface area contributed by atoms with Gasteiger partial charge in [-0.15, -0.1) is 10.2 Å². The number of hydrogen-bond donors (Lipinski definition) is 2. The first-order chi connectivity index (χ1) is 10.2. The van der Waals surface area contributed by atoms with Crippen molar-refractivity contribution < 1.29 is 14.2 Å². The van der Waals surface area contributed by atoms with Gasteiger partial charge in [-0.3, -0.25) is 5.84 Å². The number of aromatic nitrogens is 2. The summed E-state index contributed by atoms with van der Waals surface area (Å²) in [5.41, 5.74) is 4.28. The molecule has 21 heavy (non-hydrogen) atoms. The maximum absolute atomic E-state index is 5.65. The largest absolute Gasteiger partial charge is 0.493 e. The van der Waals surface area contributed by atoms with Gasteiger partial charge in [0.2, 0.25) is 5.88 Å². The Balaban J connectivity index is 2.35. The molecule has 7 heteroatoms. The Bertz CT molecular complexity index is 589. The molecule has 2 aromatic rings. The molecular formula is C14H18N4O3. The molecule has 3 N–H and O–H groups in total. The minimum absolute atomic E-state index is 0.316. The molecule has 0 spiro atoms. The van der Waals surface area contributed by atoms with Crippen LogP contribution in [0.5, 0.6) is 17.4 Å². The van der Waals surface area contributed by atoms with Crippen molar-refractivity contribution in [2.75, 3.05) is 21.3 Å². The lowest BCUT2D eigenvalue weighted by molar-refractivity contribution is 0.354. The summed E-state index contributed by atoms with van der Waals surface area (Å²) in [7, 11) is 4.71. The Hall–Kier alpha value is -2.38. The summed E-state index contributed by atoms with van der Waals surface area (Å²) in [6, 6.07) is 8.76. The summed E-state index contributed by atoms with van der Waals surface area (Å²) in [6.45, 7) is 0. The highest BCUT2D eigenvalue weighted by Gasteiger charge is 2.17. The Morgan fingerprint density at radius 2 is 1.71 bits per heavy atom. The predicted molar refractivity (Wildman–Crippen MR) is 77.3 cm³/mol. The van der Waals surface area contributed by atoms with Crippen LogP contribution in [-0.2, 0) is 0 Å². The summed E-state index contributed by atoms with van der Waals surface area (Å²) in [5.74, 6) is 7.37. The van der Waals surface area contributed by atoms with Crippen LogP contribution in [0.1, 0.15) is 17.3 Å². The topological polar surface area (TPSA) is 91.5 Å². The molecule has 0 radical (unpaired) electrons. The Kier molecular flexibility index (Phi) is 4.91. The highest BCUT2D eigenvalue weighted by atomic mass is 16.5. The van der Waals surface area contributed by atoms with Crippen molar-refractivity contribution >= 4 is 0 Å². The Morgan fingerprint density at radius 3 is 2.24 bits per heavy atom. The molecule has 0 aliphatic carbocycles. The van der Waals surface area contributed by atoms with Crippen LogP contribution < -0.4 is 25.5 Å². The molecule has 1 unspecified atom stereocenters. The molecule has 1 aromatic carbocycles. The molecule has 1 aromatic heterocycles. The molecule has 7 nitrogen and oxygen atoms in total. The first-order valence-electron chi connectivity index (χ1n) is 6.29. The van der Waals surface area contributed by atoms with E-state index in [4.69, 9.17) is 20.1 Å². The van der Waals surface area contributed by atoms with Crippen molar-refractivity contribution in [2.45, 2.75) is 6.04 Å². The molecule has 0 fully saturated rings. The number of rotatable bonds is 6. The molecule has 1 heterocycles. The minimum atomic E-state index is -0.316. The Labute approximate surface area is 123 Å². The van der Waals surface area contributed by atoms with Gasteiger partial charge in [-0.1, -0.05) is 6.07 Å². The van der Waals surface area contributed by atoms with Crippen LogP contribution >= 0.6 is 0 Å². The highest BCUT2D eigenvalue weighted by Crippen LogP contribution is 2.31. The molecule has 2 rings (SSSR count). The summed E-state index contributed by atoms with van der Waals surface area (Å²) >= 11 is 0. The second-order valence-electron chi connectivity index (χ2n) is 4.21. The number of nitrogens with one attached hydrogen (secondary N) is 1. The van der Waals surface area contributed by atoms with Gasteiger partial charge in [0.05, 0.1) is 33.1 Å². The van der Waals surface area contributed by atoms with Crippen LogP contribution in [-0.4, -0.2) is 31.5 Å². The summed E-state index contributed by atoms with van der Waals surface area (Å²) < 4.78 is 15.5. The van der Waals surface area contributed by atoms with Gasteiger partial charge in [-0.2, -0.15) is 0 Å². The van der Waals surface area contributed by atoms with Crippen molar-refractivity contribution in [3.8, 4) is 17.4 Å². The molecule has 0 saturated carbocycles. The maximum atomic E-state index is 5.65. The molecular weight excluding hydrogens is 272 g/mol. The first kappa shape index (κ1) is 15.0. The second kappa shape index (κ2) is 6.87. The molecule has 0 saturated heterocycles. The second-order valence-corrected chi connectivity index (χ2v) is 4.21. The zero-order valence-electron chi connectivity index (χ0n) is 12.2. The normalized spacial score (nSPS) is 11.8. The van der Waals surface area contributed by atoms with E-state index in [9.17, 15) is 0 Å². The van der Waals surface area contributed by atoms with Gasteiger partial charge in [-0.25, -0.2) is 5.43 Å². The fraction of sp³-hybridized carbons (Fsp3) is 0.286. The van der Waals surface area contributed by atoms with Crippen molar-refractivity contribution in [1.82, 2.24) is 15.6 Å². The van der Waals surface area contributed by atoms with Crippen LogP contribution in [0.2, 0.25) is 0 Å². The van der Waals surface area contributed by atoms with E-state index in [0.717, 1.165) is 5.56 Å². The molecule has 0 bridgehead atoms. The average molecular weight is 290 g/mol. The van der Waals surface area contributed by atoms with Crippen molar-refractivity contribution in [3.63, 3.8) is 0 Å². The number of nitrogens with zero attached hydrogens (tertiary/aromatic N) is 2. The maximum Gasteiger partial charge on any atom is 0.233 e. The molecule has 112 valence electrons. The lowest BCUT2D eigenvalue weighted by Gasteiger charge is -2.17. The van der Waals surface area contributed by atoms with E-state index in [-0.39, 0.29) is 6.04 Å². The summed E-state index contributed by atoms with van der Waals surface area (Å²) in [5, 5.41) is 8.05. The van der Waals surface area contributed by atoms with Gasteiger partial charge in [0.25, 0.3) is 0 Å². The lowest BCUT2D eigenvalue weighted by atomic mass is 10.0. The van der Waals surface area contributed by atoms with Crippen molar-refractivity contribution in [1.29, 1.82) is 0 Å². The number of methoxy groups -OCH3 is 3. The van der Waals surface area contributed by atoms with Crippen LogP contribution in [0, 0.1) is 0 Å². The fourth-order valence-electron chi connectivity index (χ4n) is 1.98. The van der Waals surface area contributed by atoms with E-state index in [1.54, 1.807) is 26.4 Å². The smallest absolute Gasteiger partial charge is 0.233 e. The van der Waals surface area contributed by atoms with Crippen LogP contribution in [0.4, 0.5) is 0 Å². The van der Waals surface area contributed by atoms with E-state index < -0.39 is 0 Å². The number of hydrazine groups is 1. The number of nitrogens with two attached hydrogens (primary N) is 1. The van der Waals surface area contributed by atoms with Gasteiger partial charge in [0.1, 0.15) is 0 Å².